The van der Waals surface area contributed by atoms with Crippen LogP contribution in [0.2, 0.25) is 0 Å². The summed E-state index contributed by atoms with van der Waals surface area (Å²) in [7, 11) is 0. The molecule has 0 saturated heterocycles. The average Bonchev–Trinajstić information content (AvgIpc) is 3.59. The second-order valence-electron chi connectivity index (χ2n) is 14.3. The Hall–Kier alpha value is -7.29. The first-order valence-corrected chi connectivity index (χ1v) is 18.9. The van der Waals surface area contributed by atoms with Gasteiger partial charge in [0.05, 0.1) is 22.2 Å². The monoisotopic (exact) mass is 698 g/mol. The van der Waals surface area contributed by atoms with Crippen molar-refractivity contribution in [2.45, 2.75) is 0 Å². The minimum absolute atomic E-state index is 1.01. The summed E-state index contributed by atoms with van der Waals surface area (Å²) in [5.74, 6) is 0. The Balaban J connectivity index is 1.03. The first kappa shape index (κ1) is 31.3. The van der Waals surface area contributed by atoms with E-state index in [-0.39, 0.29) is 0 Å². The second-order valence-corrected chi connectivity index (χ2v) is 14.3. The van der Waals surface area contributed by atoms with Crippen LogP contribution in [0.4, 0.5) is 0 Å². The Morgan fingerprint density at radius 2 is 0.836 bits per heavy atom. The van der Waals surface area contributed by atoms with E-state index in [9.17, 15) is 0 Å². The van der Waals surface area contributed by atoms with Crippen LogP contribution >= 0.6 is 0 Å². The van der Waals surface area contributed by atoms with Crippen molar-refractivity contribution >= 4 is 54.3 Å². The number of hydrogen-bond acceptors (Lipinski definition) is 1. The van der Waals surface area contributed by atoms with Gasteiger partial charge < -0.3 is 4.57 Å². The molecule has 0 aliphatic rings. The van der Waals surface area contributed by atoms with Gasteiger partial charge in [0, 0.05) is 38.2 Å². The number of fused-ring (bicyclic) bond motifs is 8. The molecule has 0 fully saturated rings. The van der Waals surface area contributed by atoms with E-state index in [1.807, 2.05) is 0 Å². The number of hydrogen-bond donors (Lipinski definition) is 0. The summed E-state index contributed by atoms with van der Waals surface area (Å²) < 4.78 is 2.42. The standard InChI is InChI=1S/C53H34N2/c1-3-12-35(13-4-1)41-27-30-50-47(33-41)48-34-42(36-14-5-2-6-15-36)28-31-51(48)55(50)43-18-11-17-40(32-43)37-22-24-39(25-23-37)53-46-29-26-38-16-7-8-19-44(38)52(46)45-20-9-10-21-49(45)54-53/h1-34H. The molecule has 0 atom stereocenters. The van der Waals surface area contributed by atoms with Crippen LogP contribution in [0, 0.1) is 0 Å². The summed E-state index contributed by atoms with van der Waals surface area (Å²) in [5, 5.41) is 8.59. The number of rotatable bonds is 5. The van der Waals surface area contributed by atoms with Crippen molar-refractivity contribution in [3.05, 3.63) is 206 Å². The van der Waals surface area contributed by atoms with E-state index in [4.69, 9.17) is 4.98 Å². The van der Waals surface area contributed by atoms with Crippen molar-refractivity contribution in [1.82, 2.24) is 9.55 Å². The van der Waals surface area contributed by atoms with Gasteiger partial charge in [-0.2, -0.15) is 0 Å². The van der Waals surface area contributed by atoms with Gasteiger partial charge in [0.1, 0.15) is 0 Å². The lowest BCUT2D eigenvalue weighted by atomic mass is 9.94. The molecule has 0 N–H and O–H groups in total. The third-order valence-electron chi connectivity index (χ3n) is 11.2. The van der Waals surface area contributed by atoms with E-state index < -0.39 is 0 Å². The molecule has 2 heterocycles. The zero-order chi connectivity index (χ0) is 36.3. The van der Waals surface area contributed by atoms with Crippen molar-refractivity contribution in [3.8, 4) is 50.3 Å². The van der Waals surface area contributed by atoms with Gasteiger partial charge in [-0.3, -0.25) is 0 Å². The van der Waals surface area contributed by atoms with Crippen LogP contribution in [0.1, 0.15) is 0 Å². The maximum absolute atomic E-state index is 5.24. The number of nitrogens with zero attached hydrogens (tertiary/aromatic N) is 2. The summed E-state index contributed by atoms with van der Waals surface area (Å²) >= 11 is 0. The number of para-hydroxylation sites is 1. The molecule has 0 aliphatic heterocycles. The van der Waals surface area contributed by atoms with Gasteiger partial charge in [-0.15, -0.1) is 0 Å². The predicted octanol–water partition coefficient (Wildman–Crippen LogP) is 14.3. The molecule has 0 saturated carbocycles. The zero-order valence-electron chi connectivity index (χ0n) is 30.0. The van der Waals surface area contributed by atoms with Crippen LogP contribution in [0.5, 0.6) is 0 Å². The van der Waals surface area contributed by atoms with Crippen LogP contribution < -0.4 is 0 Å². The summed E-state index contributed by atoms with van der Waals surface area (Å²) in [6.45, 7) is 0. The van der Waals surface area contributed by atoms with Crippen LogP contribution in [0.15, 0.2) is 206 Å². The third-order valence-corrected chi connectivity index (χ3v) is 11.2. The highest BCUT2D eigenvalue weighted by molar-refractivity contribution is 6.22. The van der Waals surface area contributed by atoms with E-state index in [0.717, 1.165) is 22.5 Å². The molecule has 55 heavy (non-hydrogen) atoms. The van der Waals surface area contributed by atoms with Crippen LogP contribution in [-0.2, 0) is 0 Å². The molecular formula is C53H34N2. The molecule has 9 aromatic carbocycles. The van der Waals surface area contributed by atoms with Gasteiger partial charge in [-0.05, 0) is 86.6 Å². The van der Waals surface area contributed by atoms with Gasteiger partial charge in [-0.25, -0.2) is 4.98 Å². The van der Waals surface area contributed by atoms with Gasteiger partial charge >= 0.3 is 0 Å². The average molecular weight is 699 g/mol. The van der Waals surface area contributed by atoms with Gasteiger partial charge in [0.2, 0.25) is 0 Å². The molecule has 0 radical (unpaired) electrons. The lowest BCUT2D eigenvalue weighted by molar-refractivity contribution is 1.18. The van der Waals surface area contributed by atoms with E-state index >= 15 is 0 Å². The number of benzene rings is 9. The van der Waals surface area contributed by atoms with Crippen LogP contribution in [0.3, 0.4) is 0 Å². The first-order valence-electron chi connectivity index (χ1n) is 18.9. The second kappa shape index (κ2) is 12.7. The van der Waals surface area contributed by atoms with Crippen molar-refractivity contribution in [2.24, 2.45) is 0 Å². The Kier molecular flexibility index (Phi) is 7.21. The molecule has 11 aromatic rings. The summed E-state index contributed by atoms with van der Waals surface area (Å²) in [6, 6.07) is 74.6. The summed E-state index contributed by atoms with van der Waals surface area (Å²) in [4.78, 5) is 5.24. The SMILES string of the molecule is c1ccc(-c2ccc3c(c2)c2cc(-c4ccccc4)ccc2n3-c2cccc(-c3ccc(-c4nc5ccccc5c5c4ccc4ccccc45)cc3)c2)cc1. The Morgan fingerprint density at radius 3 is 1.53 bits per heavy atom. The fraction of sp³-hybridized carbons (Fsp3) is 0. The Morgan fingerprint density at radius 1 is 0.309 bits per heavy atom. The predicted molar refractivity (Wildman–Crippen MR) is 233 cm³/mol. The van der Waals surface area contributed by atoms with E-state index in [1.54, 1.807) is 0 Å². The number of aromatic nitrogens is 2. The lowest BCUT2D eigenvalue weighted by Crippen LogP contribution is -1.94. The van der Waals surface area contributed by atoms with Gasteiger partial charge in [-0.1, -0.05) is 164 Å². The number of pyridine rings is 1. The maximum Gasteiger partial charge on any atom is 0.0788 e. The smallest absolute Gasteiger partial charge is 0.0788 e. The molecule has 2 nitrogen and oxygen atoms in total. The largest absolute Gasteiger partial charge is 0.309 e. The molecule has 2 aromatic heterocycles. The highest BCUT2D eigenvalue weighted by Gasteiger charge is 2.17. The Bertz CT molecular complexity index is 3120. The van der Waals surface area contributed by atoms with E-state index in [2.05, 4.69) is 211 Å². The van der Waals surface area contributed by atoms with Crippen molar-refractivity contribution in [2.75, 3.05) is 0 Å². The molecule has 11 rings (SSSR count). The van der Waals surface area contributed by atoms with Crippen LogP contribution in [0.25, 0.3) is 105 Å². The molecule has 2 heteroatoms. The molecular weight excluding hydrogens is 665 g/mol. The fourth-order valence-electron chi connectivity index (χ4n) is 8.51. The van der Waals surface area contributed by atoms with Crippen molar-refractivity contribution in [1.29, 1.82) is 0 Å². The van der Waals surface area contributed by atoms with Gasteiger partial charge in [0.15, 0.2) is 0 Å². The summed E-state index contributed by atoms with van der Waals surface area (Å²) in [6.07, 6.45) is 0. The highest BCUT2D eigenvalue weighted by Crippen LogP contribution is 2.40. The Labute approximate surface area is 319 Å². The highest BCUT2D eigenvalue weighted by atomic mass is 15.0. The third kappa shape index (κ3) is 5.22. The first-order chi connectivity index (χ1) is 27.3. The normalized spacial score (nSPS) is 11.6. The lowest BCUT2D eigenvalue weighted by Gasteiger charge is -2.13. The molecule has 0 amide bonds. The maximum atomic E-state index is 5.24. The molecule has 0 bridgehead atoms. The molecule has 0 aliphatic carbocycles. The van der Waals surface area contributed by atoms with Gasteiger partial charge in [0.25, 0.3) is 0 Å². The van der Waals surface area contributed by atoms with Crippen LogP contribution in [-0.4, -0.2) is 9.55 Å². The minimum Gasteiger partial charge on any atom is -0.309 e. The van der Waals surface area contributed by atoms with Crippen molar-refractivity contribution < 1.29 is 0 Å². The fourth-order valence-corrected chi connectivity index (χ4v) is 8.51. The van der Waals surface area contributed by atoms with E-state index in [1.165, 1.54) is 82.1 Å². The molecule has 0 spiro atoms. The quantitative estimate of drug-likeness (QED) is 0.164. The summed E-state index contributed by atoms with van der Waals surface area (Å²) in [5.41, 5.74) is 13.8. The van der Waals surface area contributed by atoms with Crippen molar-refractivity contribution in [3.63, 3.8) is 0 Å². The minimum atomic E-state index is 1.01. The zero-order valence-corrected chi connectivity index (χ0v) is 30.0. The van der Waals surface area contributed by atoms with E-state index in [0.29, 0.717) is 0 Å². The topological polar surface area (TPSA) is 17.8 Å². The molecule has 256 valence electrons. The molecule has 0 unspecified atom stereocenters.